The number of nitrogens with one attached hydrogen (secondary N) is 1. The molecule has 1 aromatic carbocycles. The van der Waals surface area contributed by atoms with Crippen LogP contribution in [0.2, 0.25) is 0 Å². The summed E-state index contributed by atoms with van der Waals surface area (Å²) < 4.78 is 6.14. The molecule has 0 aliphatic heterocycles. The van der Waals surface area contributed by atoms with E-state index in [4.69, 9.17) is 4.74 Å². The summed E-state index contributed by atoms with van der Waals surface area (Å²) in [5.41, 5.74) is 1.33. The predicted octanol–water partition coefficient (Wildman–Crippen LogP) is 4.60. The number of likely N-dealkylation sites (N-methyl/N-ethyl adjacent to an activating group) is 1. The van der Waals surface area contributed by atoms with Gasteiger partial charge in [0.15, 0.2) is 0 Å². The van der Waals surface area contributed by atoms with Gasteiger partial charge in [-0.3, -0.25) is 0 Å². The van der Waals surface area contributed by atoms with Crippen LogP contribution < -0.4 is 10.1 Å². The van der Waals surface area contributed by atoms with Crippen LogP contribution in [0, 0.1) is 5.92 Å². The summed E-state index contributed by atoms with van der Waals surface area (Å²) in [6.45, 7) is 12.9. The van der Waals surface area contributed by atoms with Crippen LogP contribution in [-0.4, -0.2) is 19.2 Å². The Balaban J connectivity index is 2.72. The molecular weight excluding hydrogens is 246 g/mol. The minimum Gasteiger partial charge on any atom is -0.492 e. The quantitative estimate of drug-likeness (QED) is 0.712. The van der Waals surface area contributed by atoms with Gasteiger partial charge < -0.3 is 10.1 Å². The molecule has 114 valence electrons. The van der Waals surface area contributed by atoms with E-state index in [-0.39, 0.29) is 0 Å². The maximum atomic E-state index is 6.14. The summed E-state index contributed by atoms with van der Waals surface area (Å²) in [5.74, 6) is 2.23. The summed E-state index contributed by atoms with van der Waals surface area (Å²) >= 11 is 0. The Morgan fingerprint density at radius 2 is 1.75 bits per heavy atom. The number of rotatable bonds is 9. The number of hydrogen-bond acceptors (Lipinski definition) is 2. The molecule has 0 aliphatic carbocycles. The standard InChI is InChI=1S/C18H31NO/c1-6-14(4)16-11-9-10-12-18(16)20-13-17(19-8-3)15(5)7-2/h9-12,14-15,17,19H,6-8,13H2,1-5H3. The molecule has 0 radical (unpaired) electrons. The molecule has 1 aromatic rings. The first-order valence-electron chi connectivity index (χ1n) is 8.09. The zero-order valence-electron chi connectivity index (χ0n) is 13.8. The molecule has 2 heteroatoms. The summed E-state index contributed by atoms with van der Waals surface area (Å²) in [4.78, 5) is 0. The molecule has 0 spiro atoms. The first kappa shape index (κ1) is 17.0. The third-order valence-corrected chi connectivity index (χ3v) is 4.28. The second-order valence-corrected chi connectivity index (χ2v) is 5.71. The Bertz CT molecular complexity index is 377. The van der Waals surface area contributed by atoms with Gasteiger partial charge in [0.2, 0.25) is 0 Å². The second kappa shape index (κ2) is 9.02. The van der Waals surface area contributed by atoms with E-state index in [1.165, 1.54) is 12.0 Å². The van der Waals surface area contributed by atoms with Crippen LogP contribution in [0.3, 0.4) is 0 Å². The highest BCUT2D eigenvalue weighted by atomic mass is 16.5. The Morgan fingerprint density at radius 1 is 1.05 bits per heavy atom. The third kappa shape index (κ3) is 4.82. The van der Waals surface area contributed by atoms with E-state index in [0.717, 1.165) is 25.3 Å². The van der Waals surface area contributed by atoms with E-state index in [2.05, 4.69) is 64.2 Å². The molecular formula is C18H31NO. The van der Waals surface area contributed by atoms with Crippen LogP contribution in [0.4, 0.5) is 0 Å². The van der Waals surface area contributed by atoms with Crippen molar-refractivity contribution in [1.82, 2.24) is 5.32 Å². The maximum absolute atomic E-state index is 6.14. The van der Waals surface area contributed by atoms with Gasteiger partial charge in [0, 0.05) is 6.04 Å². The predicted molar refractivity (Wildman–Crippen MR) is 87.6 cm³/mol. The number of ether oxygens (including phenoxy) is 1. The van der Waals surface area contributed by atoms with Crippen LogP contribution in [-0.2, 0) is 0 Å². The monoisotopic (exact) mass is 277 g/mol. The van der Waals surface area contributed by atoms with E-state index in [1.807, 2.05) is 0 Å². The number of hydrogen-bond donors (Lipinski definition) is 1. The van der Waals surface area contributed by atoms with Gasteiger partial charge in [-0.25, -0.2) is 0 Å². The van der Waals surface area contributed by atoms with Gasteiger partial charge in [0.1, 0.15) is 12.4 Å². The Labute approximate surface area is 124 Å². The van der Waals surface area contributed by atoms with E-state index < -0.39 is 0 Å². The van der Waals surface area contributed by atoms with Crippen molar-refractivity contribution < 1.29 is 4.74 Å². The smallest absolute Gasteiger partial charge is 0.122 e. The molecule has 20 heavy (non-hydrogen) atoms. The molecule has 2 nitrogen and oxygen atoms in total. The molecule has 0 heterocycles. The topological polar surface area (TPSA) is 21.3 Å². The van der Waals surface area contributed by atoms with Crippen molar-refractivity contribution in [2.45, 2.75) is 59.4 Å². The molecule has 0 aromatic heterocycles. The summed E-state index contributed by atoms with van der Waals surface area (Å²) in [7, 11) is 0. The minimum absolute atomic E-state index is 0.426. The van der Waals surface area contributed by atoms with Gasteiger partial charge in [0.25, 0.3) is 0 Å². The normalized spacial score (nSPS) is 15.7. The highest BCUT2D eigenvalue weighted by Crippen LogP contribution is 2.28. The van der Waals surface area contributed by atoms with Gasteiger partial charge >= 0.3 is 0 Å². The Morgan fingerprint density at radius 3 is 2.35 bits per heavy atom. The molecule has 3 unspecified atom stereocenters. The fourth-order valence-electron chi connectivity index (χ4n) is 2.39. The number of benzene rings is 1. The van der Waals surface area contributed by atoms with E-state index >= 15 is 0 Å². The van der Waals surface area contributed by atoms with Gasteiger partial charge in [-0.05, 0) is 36.4 Å². The Kier molecular flexibility index (Phi) is 7.68. The Hall–Kier alpha value is -1.02. The second-order valence-electron chi connectivity index (χ2n) is 5.71. The summed E-state index contributed by atoms with van der Waals surface area (Å²) in [6.07, 6.45) is 2.32. The highest BCUT2D eigenvalue weighted by molar-refractivity contribution is 5.35. The van der Waals surface area contributed by atoms with Crippen LogP contribution in [0.5, 0.6) is 5.75 Å². The van der Waals surface area contributed by atoms with Gasteiger partial charge in [-0.2, -0.15) is 0 Å². The lowest BCUT2D eigenvalue weighted by molar-refractivity contribution is 0.220. The van der Waals surface area contributed by atoms with Crippen LogP contribution in [0.1, 0.15) is 58.9 Å². The minimum atomic E-state index is 0.426. The first-order chi connectivity index (χ1) is 9.63. The van der Waals surface area contributed by atoms with E-state index in [0.29, 0.717) is 17.9 Å². The lowest BCUT2D eigenvalue weighted by Gasteiger charge is -2.25. The zero-order valence-corrected chi connectivity index (χ0v) is 13.8. The van der Waals surface area contributed by atoms with Gasteiger partial charge in [-0.1, -0.05) is 59.2 Å². The molecule has 0 bridgehead atoms. The lowest BCUT2D eigenvalue weighted by atomic mass is 9.97. The third-order valence-electron chi connectivity index (χ3n) is 4.28. The molecule has 0 fully saturated rings. The van der Waals surface area contributed by atoms with Gasteiger partial charge in [0.05, 0.1) is 0 Å². The van der Waals surface area contributed by atoms with Crippen molar-refractivity contribution in [3.63, 3.8) is 0 Å². The average molecular weight is 277 g/mol. The molecule has 3 atom stereocenters. The van der Waals surface area contributed by atoms with E-state index in [9.17, 15) is 0 Å². The zero-order chi connectivity index (χ0) is 15.0. The van der Waals surface area contributed by atoms with Crippen molar-refractivity contribution in [2.24, 2.45) is 5.92 Å². The van der Waals surface area contributed by atoms with Crippen molar-refractivity contribution in [2.75, 3.05) is 13.2 Å². The average Bonchev–Trinajstić information content (AvgIpc) is 2.50. The highest BCUT2D eigenvalue weighted by Gasteiger charge is 2.17. The molecule has 0 aliphatic rings. The molecule has 0 saturated heterocycles. The molecule has 1 rings (SSSR count). The van der Waals surface area contributed by atoms with Crippen molar-refractivity contribution >= 4 is 0 Å². The largest absolute Gasteiger partial charge is 0.492 e. The lowest BCUT2D eigenvalue weighted by Crippen LogP contribution is -2.39. The van der Waals surface area contributed by atoms with Gasteiger partial charge in [-0.15, -0.1) is 0 Å². The molecule has 0 saturated carbocycles. The fourth-order valence-corrected chi connectivity index (χ4v) is 2.39. The summed E-state index contributed by atoms with van der Waals surface area (Å²) in [6, 6.07) is 8.88. The van der Waals surface area contributed by atoms with Crippen LogP contribution in [0.25, 0.3) is 0 Å². The SMILES string of the molecule is CCNC(COc1ccccc1C(C)CC)C(C)CC. The molecule has 0 amide bonds. The first-order valence-corrected chi connectivity index (χ1v) is 8.09. The summed E-state index contributed by atoms with van der Waals surface area (Å²) in [5, 5.41) is 3.54. The van der Waals surface area contributed by atoms with E-state index in [1.54, 1.807) is 0 Å². The van der Waals surface area contributed by atoms with Crippen LogP contribution >= 0.6 is 0 Å². The van der Waals surface area contributed by atoms with Crippen LogP contribution in [0.15, 0.2) is 24.3 Å². The van der Waals surface area contributed by atoms with Crippen molar-refractivity contribution in [3.8, 4) is 5.75 Å². The fraction of sp³-hybridized carbons (Fsp3) is 0.667. The van der Waals surface area contributed by atoms with Crippen molar-refractivity contribution in [1.29, 1.82) is 0 Å². The van der Waals surface area contributed by atoms with Crippen molar-refractivity contribution in [3.05, 3.63) is 29.8 Å². The number of para-hydroxylation sites is 1. The molecule has 1 N–H and O–H groups in total. The maximum Gasteiger partial charge on any atom is 0.122 e.